The highest BCUT2D eigenvalue weighted by Gasteiger charge is 2.29. The van der Waals surface area contributed by atoms with Crippen LogP contribution < -0.4 is 4.90 Å². The lowest BCUT2D eigenvalue weighted by Crippen LogP contribution is -2.25. The van der Waals surface area contributed by atoms with Crippen molar-refractivity contribution in [2.75, 3.05) is 11.4 Å². The molecule has 0 N–H and O–H groups in total. The van der Waals surface area contributed by atoms with Gasteiger partial charge in [-0.2, -0.15) is 5.26 Å². The van der Waals surface area contributed by atoms with Gasteiger partial charge in [-0.1, -0.05) is 24.3 Å². The van der Waals surface area contributed by atoms with Crippen molar-refractivity contribution >= 4 is 16.5 Å². The van der Waals surface area contributed by atoms with Gasteiger partial charge in [0.1, 0.15) is 0 Å². The van der Waals surface area contributed by atoms with Gasteiger partial charge in [0.2, 0.25) is 0 Å². The van der Waals surface area contributed by atoms with Gasteiger partial charge in [0, 0.05) is 29.0 Å². The first-order chi connectivity index (χ1) is 8.85. The zero-order valence-corrected chi connectivity index (χ0v) is 10.6. The van der Waals surface area contributed by atoms with Crippen molar-refractivity contribution in [3.8, 4) is 6.07 Å². The molecule has 1 fully saturated rings. The van der Waals surface area contributed by atoms with Crippen LogP contribution in [0.4, 0.5) is 5.69 Å². The molecule has 18 heavy (non-hydrogen) atoms. The molecule has 90 valence electrons. The lowest BCUT2D eigenvalue weighted by molar-refractivity contribution is 0.830. The highest BCUT2D eigenvalue weighted by Crippen LogP contribution is 2.36. The first kappa shape index (κ1) is 11.1. The Labute approximate surface area is 107 Å². The summed E-state index contributed by atoms with van der Waals surface area (Å²) < 4.78 is 0. The quantitative estimate of drug-likeness (QED) is 0.812. The molecule has 0 atom stereocenters. The fourth-order valence-electron chi connectivity index (χ4n) is 2.64. The molecule has 0 bridgehead atoms. The number of hydrogen-bond donors (Lipinski definition) is 0. The van der Waals surface area contributed by atoms with Crippen molar-refractivity contribution in [1.29, 1.82) is 5.26 Å². The van der Waals surface area contributed by atoms with Crippen molar-refractivity contribution in [3.63, 3.8) is 0 Å². The Kier molecular flexibility index (Phi) is 2.68. The maximum atomic E-state index is 9.18. The summed E-state index contributed by atoms with van der Waals surface area (Å²) in [5.41, 5.74) is 2.04. The van der Waals surface area contributed by atoms with E-state index in [4.69, 9.17) is 0 Å². The largest absolute Gasteiger partial charge is 0.368 e. The first-order valence-electron chi connectivity index (χ1n) is 6.53. The van der Waals surface area contributed by atoms with Crippen LogP contribution in [0.25, 0.3) is 10.8 Å². The van der Waals surface area contributed by atoms with Gasteiger partial charge in [-0.05, 0) is 31.9 Å². The minimum Gasteiger partial charge on any atom is -0.368 e. The van der Waals surface area contributed by atoms with Crippen LogP contribution in [-0.4, -0.2) is 12.6 Å². The summed E-state index contributed by atoms with van der Waals surface area (Å²) in [6, 6.07) is 15.2. The van der Waals surface area contributed by atoms with Gasteiger partial charge in [-0.25, -0.2) is 0 Å². The topological polar surface area (TPSA) is 27.0 Å². The van der Waals surface area contributed by atoms with E-state index in [1.807, 2.05) is 24.3 Å². The zero-order chi connectivity index (χ0) is 12.5. The second kappa shape index (κ2) is 4.34. The van der Waals surface area contributed by atoms with E-state index in [1.54, 1.807) is 0 Å². The number of hydrogen-bond acceptors (Lipinski definition) is 2. The SMILES string of the molecule is CCN(c1ccc(C#N)c2ccccc12)C1CC1. The predicted octanol–water partition coefficient (Wildman–Crippen LogP) is 3.70. The van der Waals surface area contributed by atoms with Crippen LogP contribution in [0.5, 0.6) is 0 Å². The van der Waals surface area contributed by atoms with Crippen molar-refractivity contribution in [2.45, 2.75) is 25.8 Å². The number of nitriles is 1. The summed E-state index contributed by atoms with van der Waals surface area (Å²) in [5, 5.41) is 11.4. The monoisotopic (exact) mass is 236 g/mol. The Balaban J connectivity index is 2.21. The molecule has 0 radical (unpaired) electrons. The molecule has 1 aliphatic rings. The van der Waals surface area contributed by atoms with Gasteiger partial charge in [-0.15, -0.1) is 0 Å². The summed E-state index contributed by atoms with van der Waals surface area (Å²) in [6.45, 7) is 3.23. The third-order valence-electron chi connectivity index (χ3n) is 3.66. The summed E-state index contributed by atoms with van der Waals surface area (Å²) >= 11 is 0. The zero-order valence-electron chi connectivity index (χ0n) is 10.6. The Morgan fingerprint density at radius 3 is 2.50 bits per heavy atom. The van der Waals surface area contributed by atoms with E-state index in [0.717, 1.165) is 17.5 Å². The fraction of sp³-hybridized carbons (Fsp3) is 0.312. The number of fused-ring (bicyclic) bond motifs is 1. The highest BCUT2D eigenvalue weighted by molar-refractivity contribution is 5.98. The summed E-state index contributed by atoms with van der Waals surface area (Å²) in [7, 11) is 0. The Morgan fingerprint density at radius 2 is 1.89 bits per heavy atom. The molecule has 1 aliphatic carbocycles. The molecular weight excluding hydrogens is 220 g/mol. The van der Waals surface area contributed by atoms with Gasteiger partial charge in [0.15, 0.2) is 0 Å². The minimum atomic E-state index is 0.700. The van der Waals surface area contributed by atoms with Gasteiger partial charge in [-0.3, -0.25) is 0 Å². The Bertz CT molecular complexity index is 621. The smallest absolute Gasteiger partial charge is 0.0998 e. The average Bonchev–Trinajstić information content (AvgIpc) is 3.24. The molecule has 0 amide bonds. The number of rotatable bonds is 3. The molecule has 0 spiro atoms. The van der Waals surface area contributed by atoms with Crippen molar-refractivity contribution in [2.24, 2.45) is 0 Å². The standard InChI is InChI=1S/C16H16N2/c1-2-18(13-8-9-13)16-10-7-12(11-17)14-5-3-4-6-15(14)16/h3-7,10,13H,2,8-9H2,1H3. The van der Waals surface area contributed by atoms with Crippen molar-refractivity contribution < 1.29 is 0 Å². The van der Waals surface area contributed by atoms with E-state index >= 15 is 0 Å². The van der Waals surface area contributed by atoms with Crippen LogP contribution in [0.1, 0.15) is 25.3 Å². The number of nitrogens with zero attached hydrogens (tertiary/aromatic N) is 2. The second-order valence-electron chi connectivity index (χ2n) is 4.81. The Hall–Kier alpha value is -2.01. The maximum absolute atomic E-state index is 9.18. The van der Waals surface area contributed by atoms with E-state index in [1.165, 1.54) is 23.9 Å². The molecule has 2 aromatic rings. The van der Waals surface area contributed by atoms with Gasteiger partial charge < -0.3 is 4.90 Å². The van der Waals surface area contributed by atoms with Crippen LogP contribution in [0.2, 0.25) is 0 Å². The lowest BCUT2D eigenvalue weighted by Gasteiger charge is -2.24. The van der Waals surface area contributed by atoms with E-state index in [-0.39, 0.29) is 0 Å². The normalized spacial score (nSPS) is 14.4. The van der Waals surface area contributed by atoms with Crippen LogP contribution in [0.15, 0.2) is 36.4 Å². The number of benzene rings is 2. The summed E-state index contributed by atoms with van der Waals surface area (Å²) in [4.78, 5) is 2.46. The van der Waals surface area contributed by atoms with Crippen LogP contribution in [0.3, 0.4) is 0 Å². The van der Waals surface area contributed by atoms with E-state index in [2.05, 4.69) is 30.0 Å². The van der Waals surface area contributed by atoms with E-state index < -0.39 is 0 Å². The fourth-order valence-corrected chi connectivity index (χ4v) is 2.64. The molecule has 3 rings (SSSR count). The molecular formula is C16H16N2. The highest BCUT2D eigenvalue weighted by atomic mass is 15.2. The van der Waals surface area contributed by atoms with Gasteiger partial charge in [0.25, 0.3) is 0 Å². The average molecular weight is 236 g/mol. The molecule has 0 saturated heterocycles. The molecule has 0 aromatic heterocycles. The van der Waals surface area contributed by atoms with Crippen LogP contribution >= 0.6 is 0 Å². The molecule has 2 heteroatoms. The molecule has 0 heterocycles. The van der Waals surface area contributed by atoms with Crippen LogP contribution in [0, 0.1) is 11.3 Å². The molecule has 0 unspecified atom stereocenters. The van der Waals surface area contributed by atoms with E-state index in [0.29, 0.717) is 6.04 Å². The minimum absolute atomic E-state index is 0.700. The molecule has 2 nitrogen and oxygen atoms in total. The molecule has 2 aromatic carbocycles. The second-order valence-corrected chi connectivity index (χ2v) is 4.81. The third kappa shape index (κ3) is 1.73. The van der Waals surface area contributed by atoms with Gasteiger partial charge >= 0.3 is 0 Å². The number of anilines is 1. The Morgan fingerprint density at radius 1 is 1.17 bits per heavy atom. The molecule has 1 saturated carbocycles. The lowest BCUT2D eigenvalue weighted by atomic mass is 10.0. The summed E-state index contributed by atoms with van der Waals surface area (Å²) in [5.74, 6) is 0. The third-order valence-corrected chi connectivity index (χ3v) is 3.66. The van der Waals surface area contributed by atoms with Crippen molar-refractivity contribution in [1.82, 2.24) is 0 Å². The van der Waals surface area contributed by atoms with Gasteiger partial charge in [0.05, 0.1) is 11.6 Å². The van der Waals surface area contributed by atoms with Crippen molar-refractivity contribution in [3.05, 3.63) is 42.0 Å². The first-order valence-corrected chi connectivity index (χ1v) is 6.53. The van der Waals surface area contributed by atoms with E-state index in [9.17, 15) is 5.26 Å². The van der Waals surface area contributed by atoms with Crippen LogP contribution in [-0.2, 0) is 0 Å². The maximum Gasteiger partial charge on any atom is 0.0998 e. The molecule has 0 aliphatic heterocycles. The predicted molar refractivity (Wildman–Crippen MR) is 74.7 cm³/mol. The summed E-state index contributed by atoms with van der Waals surface area (Å²) in [6.07, 6.45) is 2.59.